The predicted molar refractivity (Wildman–Crippen MR) is 134 cm³/mol. The van der Waals surface area contributed by atoms with Crippen molar-refractivity contribution in [3.05, 3.63) is 58.7 Å². The molecule has 0 aliphatic carbocycles. The van der Waals surface area contributed by atoms with E-state index in [1.807, 2.05) is 33.7 Å². The third-order valence-corrected chi connectivity index (χ3v) is 7.12. The van der Waals surface area contributed by atoms with Crippen LogP contribution in [0, 0.1) is 11.3 Å². The first-order valence-electron chi connectivity index (χ1n) is 12.3. The van der Waals surface area contributed by atoms with Gasteiger partial charge >= 0.3 is 0 Å². The molecule has 35 heavy (non-hydrogen) atoms. The van der Waals surface area contributed by atoms with Gasteiger partial charge in [0.15, 0.2) is 0 Å². The lowest BCUT2D eigenvalue weighted by Crippen LogP contribution is -2.54. The lowest BCUT2D eigenvalue weighted by molar-refractivity contribution is -0.0408. The summed E-state index contributed by atoms with van der Waals surface area (Å²) < 4.78 is 7.91. The molecule has 0 aromatic carbocycles. The van der Waals surface area contributed by atoms with Crippen LogP contribution in [-0.2, 0) is 17.8 Å². The molecule has 0 radical (unpaired) electrons. The highest BCUT2D eigenvalue weighted by Gasteiger charge is 2.36. The molecule has 8 heteroatoms. The highest BCUT2D eigenvalue weighted by molar-refractivity contribution is 5.93. The van der Waals surface area contributed by atoms with Crippen LogP contribution in [-0.4, -0.2) is 56.5 Å². The Hall–Kier alpha value is -3.44. The second-order valence-electron chi connectivity index (χ2n) is 10.5. The fourth-order valence-corrected chi connectivity index (χ4v) is 5.29. The summed E-state index contributed by atoms with van der Waals surface area (Å²) in [6.07, 6.45) is 4.20. The van der Waals surface area contributed by atoms with E-state index >= 15 is 0 Å². The number of anilines is 1. The number of carbonyl (C=O) groups excluding carboxylic acids is 1. The van der Waals surface area contributed by atoms with Crippen molar-refractivity contribution in [2.75, 3.05) is 24.5 Å². The molecule has 1 fully saturated rings. The van der Waals surface area contributed by atoms with Gasteiger partial charge in [-0.2, -0.15) is 5.26 Å². The van der Waals surface area contributed by atoms with Crippen molar-refractivity contribution in [3.8, 4) is 6.07 Å². The number of hydrogen-bond acceptors (Lipinski definition) is 6. The Morgan fingerprint density at radius 2 is 2.06 bits per heavy atom. The number of fused-ring (bicyclic) bond motifs is 2. The molecule has 2 aliphatic heterocycles. The van der Waals surface area contributed by atoms with Crippen LogP contribution in [0.2, 0.25) is 0 Å². The normalized spacial score (nSPS) is 19.6. The minimum atomic E-state index is -0.322. The molecular weight excluding hydrogens is 440 g/mol. The third kappa shape index (κ3) is 4.04. The maximum Gasteiger partial charge on any atom is 0.272 e. The lowest BCUT2D eigenvalue weighted by atomic mass is 9.86. The Morgan fingerprint density at radius 3 is 2.77 bits per heavy atom. The minimum absolute atomic E-state index is 0.0310. The number of pyridine rings is 2. The van der Waals surface area contributed by atoms with E-state index in [9.17, 15) is 10.1 Å². The van der Waals surface area contributed by atoms with Crippen LogP contribution in [0.4, 0.5) is 5.82 Å². The summed E-state index contributed by atoms with van der Waals surface area (Å²) in [6, 6.07) is 8.12. The zero-order valence-corrected chi connectivity index (χ0v) is 21.1. The van der Waals surface area contributed by atoms with Crippen LogP contribution >= 0.6 is 0 Å². The maximum atomic E-state index is 13.4. The van der Waals surface area contributed by atoms with Crippen molar-refractivity contribution in [2.24, 2.45) is 0 Å². The predicted octanol–water partition coefficient (Wildman–Crippen LogP) is 3.93. The van der Waals surface area contributed by atoms with E-state index in [4.69, 9.17) is 9.72 Å². The molecule has 0 N–H and O–H groups in total. The van der Waals surface area contributed by atoms with Gasteiger partial charge in [0.25, 0.3) is 5.91 Å². The summed E-state index contributed by atoms with van der Waals surface area (Å²) in [7, 11) is 0. The Balaban J connectivity index is 1.46. The second kappa shape index (κ2) is 8.65. The van der Waals surface area contributed by atoms with Crippen molar-refractivity contribution in [2.45, 2.75) is 65.2 Å². The quantitative estimate of drug-likeness (QED) is 0.574. The number of carbonyl (C=O) groups is 1. The molecule has 1 amide bonds. The van der Waals surface area contributed by atoms with Gasteiger partial charge in [0.05, 0.1) is 29.7 Å². The minimum Gasteiger partial charge on any atom is -0.370 e. The summed E-state index contributed by atoms with van der Waals surface area (Å²) in [5, 5.41) is 10.2. The van der Waals surface area contributed by atoms with Crippen LogP contribution in [0.5, 0.6) is 0 Å². The first-order valence-corrected chi connectivity index (χ1v) is 12.3. The zero-order valence-electron chi connectivity index (χ0n) is 21.1. The molecule has 0 spiro atoms. The van der Waals surface area contributed by atoms with Crippen molar-refractivity contribution in [1.82, 2.24) is 19.3 Å². The van der Waals surface area contributed by atoms with E-state index in [0.29, 0.717) is 43.9 Å². The molecule has 0 saturated carbocycles. The van der Waals surface area contributed by atoms with Gasteiger partial charge in [-0.15, -0.1) is 0 Å². The van der Waals surface area contributed by atoms with Gasteiger partial charge in [-0.1, -0.05) is 19.9 Å². The summed E-state index contributed by atoms with van der Waals surface area (Å²) in [6.45, 7) is 12.7. The second-order valence-corrected chi connectivity index (χ2v) is 10.5. The molecule has 1 unspecified atom stereocenters. The van der Waals surface area contributed by atoms with E-state index in [2.05, 4.69) is 50.6 Å². The average Bonchev–Trinajstić information content (AvgIpc) is 3.26. The Kier molecular flexibility index (Phi) is 5.76. The highest BCUT2D eigenvalue weighted by atomic mass is 16.5. The van der Waals surface area contributed by atoms with Crippen molar-refractivity contribution in [3.63, 3.8) is 0 Å². The number of aromatic nitrogens is 3. The fourth-order valence-electron chi connectivity index (χ4n) is 5.29. The first-order chi connectivity index (χ1) is 16.7. The van der Waals surface area contributed by atoms with Gasteiger partial charge in [-0.05, 0) is 44.4 Å². The highest BCUT2D eigenvalue weighted by Crippen LogP contribution is 2.38. The van der Waals surface area contributed by atoms with E-state index in [-0.39, 0.29) is 23.5 Å². The largest absolute Gasteiger partial charge is 0.370 e. The fraction of sp³-hybridized carbons (Fsp3) is 0.481. The van der Waals surface area contributed by atoms with Crippen LogP contribution in [0.15, 0.2) is 30.6 Å². The standard InChI is InChI=1S/C27H32N6O2/c1-17(2)24-21-16-35-27(4,5)12-19(21)20(13-28)25(30-24)31-10-11-32(18(3)15-31)26(34)22-14-29-23-8-6-7-9-33(22)23/h6-9,14,17-18H,10-12,15-16H2,1-5H3. The molecule has 5 heterocycles. The molecule has 2 aliphatic rings. The van der Waals surface area contributed by atoms with Crippen LogP contribution in [0.3, 0.4) is 0 Å². The molecule has 1 saturated heterocycles. The molecule has 182 valence electrons. The lowest BCUT2D eigenvalue weighted by Gasteiger charge is -2.41. The van der Waals surface area contributed by atoms with Crippen LogP contribution < -0.4 is 4.90 Å². The van der Waals surface area contributed by atoms with E-state index in [1.54, 1.807) is 6.20 Å². The summed E-state index contributed by atoms with van der Waals surface area (Å²) >= 11 is 0. The first kappa shape index (κ1) is 23.3. The van der Waals surface area contributed by atoms with E-state index in [1.165, 1.54) is 0 Å². The SMILES string of the molecule is CC(C)c1nc(N2CCN(C(=O)c3cnc4ccccn34)C(C)C2)c(C#N)c2c1COC(C)(C)C2. The molecule has 3 aromatic heterocycles. The van der Waals surface area contributed by atoms with Gasteiger partial charge < -0.3 is 14.5 Å². The number of hydrogen-bond donors (Lipinski definition) is 0. The number of amides is 1. The van der Waals surface area contributed by atoms with Crippen LogP contribution in [0.1, 0.15) is 73.4 Å². The molecule has 5 rings (SSSR count). The number of rotatable bonds is 3. The topological polar surface area (TPSA) is 86.8 Å². The Labute approximate surface area is 206 Å². The average molecular weight is 473 g/mol. The molecule has 8 nitrogen and oxygen atoms in total. The monoisotopic (exact) mass is 472 g/mol. The van der Waals surface area contributed by atoms with Crippen molar-refractivity contribution in [1.29, 1.82) is 5.26 Å². The summed E-state index contributed by atoms with van der Waals surface area (Å²) in [5.41, 5.74) is 4.78. The molecule has 1 atom stereocenters. The maximum absolute atomic E-state index is 13.4. The Morgan fingerprint density at radius 1 is 1.26 bits per heavy atom. The third-order valence-electron chi connectivity index (χ3n) is 7.12. The van der Waals surface area contributed by atoms with Crippen LogP contribution in [0.25, 0.3) is 5.65 Å². The number of imidazole rings is 1. The number of nitrogens with zero attached hydrogens (tertiary/aromatic N) is 6. The summed E-state index contributed by atoms with van der Waals surface area (Å²) in [4.78, 5) is 26.9. The van der Waals surface area contributed by atoms with Gasteiger partial charge in [0.2, 0.25) is 0 Å². The zero-order chi connectivity index (χ0) is 24.9. The van der Waals surface area contributed by atoms with E-state index in [0.717, 1.165) is 28.3 Å². The van der Waals surface area contributed by atoms with E-state index < -0.39 is 0 Å². The van der Waals surface area contributed by atoms with Gasteiger partial charge in [0, 0.05) is 43.9 Å². The number of piperazine rings is 1. The summed E-state index contributed by atoms with van der Waals surface area (Å²) in [5.74, 6) is 0.924. The van der Waals surface area contributed by atoms with Crippen molar-refractivity contribution >= 4 is 17.4 Å². The van der Waals surface area contributed by atoms with Gasteiger partial charge in [-0.25, -0.2) is 9.97 Å². The number of ether oxygens (including phenoxy) is 1. The molecule has 0 bridgehead atoms. The van der Waals surface area contributed by atoms with Crippen molar-refractivity contribution < 1.29 is 9.53 Å². The smallest absolute Gasteiger partial charge is 0.272 e. The van der Waals surface area contributed by atoms with Gasteiger partial charge in [0.1, 0.15) is 23.2 Å². The number of nitriles is 1. The Bertz CT molecular complexity index is 1340. The molecular formula is C27H32N6O2. The van der Waals surface area contributed by atoms with Gasteiger partial charge in [-0.3, -0.25) is 9.20 Å². The molecule has 3 aromatic rings.